The van der Waals surface area contributed by atoms with Crippen molar-refractivity contribution in [3.63, 3.8) is 0 Å². The molecule has 0 aliphatic carbocycles. The highest BCUT2D eigenvalue weighted by Gasteiger charge is 2.22. The molecule has 0 N–H and O–H groups in total. The van der Waals surface area contributed by atoms with E-state index in [-0.39, 0.29) is 6.09 Å². The molecule has 0 unspecified atom stereocenters. The summed E-state index contributed by atoms with van der Waals surface area (Å²) in [5.41, 5.74) is -0.488. The molecule has 0 radical (unpaired) electrons. The van der Waals surface area contributed by atoms with E-state index in [0.717, 1.165) is 9.35 Å². The van der Waals surface area contributed by atoms with Gasteiger partial charge >= 0.3 is 6.09 Å². The lowest BCUT2D eigenvalue weighted by molar-refractivity contribution is 0.0186. The molecular formula is C13H20BrNO3S. The Hall–Kier alpha value is -0.590. The summed E-state index contributed by atoms with van der Waals surface area (Å²) in [6.45, 7) is 7.13. The lowest BCUT2D eigenvalue weighted by Crippen LogP contribution is -2.38. The fourth-order valence-corrected chi connectivity index (χ4v) is 2.85. The predicted molar refractivity (Wildman–Crippen MR) is 80.5 cm³/mol. The van der Waals surface area contributed by atoms with Gasteiger partial charge in [-0.05, 0) is 42.8 Å². The second kappa shape index (κ2) is 7.26. The Balaban J connectivity index is 2.68. The van der Waals surface area contributed by atoms with Crippen LogP contribution in [0.5, 0.6) is 0 Å². The van der Waals surface area contributed by atoms with Crippen LogP contribution in [0.25, 0.3) is 0 Å². The van der Waals surface area contributed by atoms with E-state index < -0.39 is 5.60 Å². The number of carbonyl (C=O) groups is 1. The van der Waals surface area contributed by atoms with E-state index in [4.69, 9.17) is 9.47 Å². The Morgan fingerprint density at radius 3 is 2.63 bits per heavy atom. The molecule has 0 bridgehead atoms. The largest absolute Gasteiger partial charge is 0.444 e. The average molecular weight is 350 g/mol. The summed E-state index contributed by atoms with van der Waals surface area (Å²) in [6, 6.07) is 2.01. The first-order valence-electron chi connectivity index (χ1n) is 6.01. The standard InChI is InChI=1S/C13H20BrNO3S/c1-13(2,3)18-12(16)15(5-6-17-4)8-11-7-10(14)9-19-11/h7,9H,5-6,8H2,1-4H3. The summed E-state index contributed by atoms with van der Waals surface area (Å²) < 4.78 is 11.5. The lowest BCUT2D eigenvalue weighted by Gasteiger charge is -2.27. The monoisotopic (exact) mass is 349 g/mol. The number of amides is 1. The Bertz CT molecular complexity index is 414. The smallest absolute Gasteiger partial charge is 0.410 e. The number of halogens is 1. The van der Waals surface area contributed by atoms with Crippen LogP contribution in [0.3, 0.4) is 0 Å². The first-order valence-corrected chi connectivity index (χ1v) is 7.69. The van der Waals surface area contributed by atoms with Crippen LogP contribution >= 0.6 is 27.3 Å². The maximum atomic E-state index is 12.1. The van der Waals surface area contributed by atoms with Crippen LogP contribution in [0.4, 0.5) is 4.79 Å². The number of hydrogen-bond donors (Lipinski definition) is 0. The van der Waals surface area contributed by atoms with Gasteiger partial charge in [-0.25, -0.2) is 4.79 Å². The quantitative estimate of drug-likeness (QED) is 0.809. The Labute approximate surface area is 126 Å². The minimum Gasteiger partial charge on any atom is -0.444 e. The molecule has 1 heterocycles. The Kier molecular flexibility index (Phi) is 6.29. The van der Waals surface area contributed by atoms with Gasteiger partial charge in [0.15, 0.2) is 0 Å². The number of hydrogen-bond acceptors (Lipinski definition) is 4. The third kappa shape index (κ3) is 6.40. The van der Waals surface area contributed by atoms with Crippen molar-refractivity contribution in [1.82, 2.24) is 4.90 Å². The molecular weight excluding hydrogens is 330 g/mol. The van der Waals surface area contributed by atoms with Crippen LogP contribution in [0.2, 0.25) is 0 Å². The van der Waals surface area contributed by atoms with Crippen LogP contribution in [-0.2, 0) is 16.0 Å². The van der Waals surface area contributed by atoms with E-state index in [9.17, 15) is 4.79 Å². The summed E-state index contributed by atoms with van der Waals surface area (Å²) in [5.74, 6) is 0. The fraction of sp³-hybridized carbons (Fsp3) is 0.615. The van der Waals surface area contributed by atoms with Crippen LogP contribution < -0.4 is 0 Å². The summed E-state index contributed by atoms with van der Waals surface area (Å²) >= 11 is 5.02. The molecule has 0 aliphatic rings. The van der Waals surface area contributed by atoms with Crippen molar-refractivity contribution in [2.45, 2.75) is 32.9 Å². The third-order valence-corrected chi connectivity index (χ3v) is 3.87. The second-order valence-electron chi connectivity index (χ2n) is 5.13. The van der Waals surface area contributed by atoms with Crippen molar-refractivity contribution in [2.24, 2.45) is 0 Å². The zero-order chi connectivity index (χ0) is 14.5. The minimum atomic E-state index is -0.488. The topological polar surface area (TPSA) is 38.8 Å². The molecule has 0 atom stereocenters. The summed E-state index contributed by atoms with van der Waals surface area (Å²) in [5, 5.41) is 2.00. The molecule has 108 valence electrons. The summed E-state index contributed by atoms with van der Waals surface area (Å²) in [6.07, 6.45) is -0.311. The Morgan fingerprint density at radius 1 is 1.47 bits per heavy atom. The van der Waals surface area contributed by atoms with E-state index in [0.29, 0.717) is 19.7 Å². The van der Waals surface area contributed by atoms with E-state index in [2.05, 4.69) is 15.9 Å². The van der Waals surface area contributed by atoms with E-state index in [1.807, 2.05) is 32.2 Å². The first-order chi connectivity index (χ1) is 8.81. The number of methoxy groups -OCH3 is 1. The molecule has 1 rings (SSSR count). The van der Waals surface area contributed by atoms with Crippen molar-refractivity contribution in [3.05, 3.63) is 20.8 Å². The fourth-order valence-electron chi connectivity index (χ4n) is 1.39. The average Bonchev–Trinajstić information content (AvgIpc) is 2.67. The maximum absolute atomic E-state index is 12.1. The van der Waals surface area contributed by atoms with Gasteiger partial charge in [0.25, 0.3) is 0 Å². The molecule has 4 nitrogen and oxygen atoms in total. The van der Waals surface area contributed by atoms with Crippen LogP contribution in [0, 0.1) is 0 Å². The number of nitrogens with zero attached hydrogens (tertiary/aromatic N) is 1. The minimum absolute atomic E-state index is 0.311. The van der Waals surface area contributed by atoms with E-state index >= 15 is 0 Å². The van der Waals surface area contributed by atoms with Gasteiger partial charge in [0, 0.05) is 28.4 Å². The highest BCUT2D eigenvalue weighted by Crippen LogP contribution is 2.22. The zero-order valence-electron chi connectivity index (χ0n) is 11.7. The molecule has 1 amide bonds. The predicted octanol–water partition coefficient (Wildman–Crippen LogP) is 3.89. The molecule has 19 heavy (non-hydrogen) atoms. The second-order valence-corrected chi connectivity index (χ2v) is 7.04. The summed E-state index contributed by atoms with van der Waals surface area (Å²) in [4.78, 5) is 14.9. The van der Waals surface area contributed by atoms with Gasteiger partial charge in [-0.1, -0.05) is 0 Å². The molecule has 0 saturated heterocycles. The maximum Gasteiger partial charge on any atom is 0.410 e. The molecule has 0 saturated carbocycles. The molecule has 0 spiro atoms. The highest BCUT2D eigenvalue weighted by molar-refractivity contribution is 9.10. The Morgan fingerprint density at radius 2 is 2.16 bits per heavy atom. The van der Waals surface area contributed by atoms with Gasteiger partial charge in [0.1, 0.15) is 5.60 Å². The van der Waals surface area contributed by atoms with Crippen molar-refractivity contribution in [3.8, 4) is 0 Å². The molecule has 0 aliphatic heterocycles. The van der Waals surface area contributed by atoms with Gasteiger partial charge < -0.3 is 14.4 Å². The number of thiophene rings is 1. The number of rotatable bonds is 5. The van der Waals surface area contributed by atoms with Gasteiger partial charge in [-0.3, -0.25) is 0 Å². The summed E-state index contributed by atoms with van der Waals surface area (Å²) in [7, 11) is 1.62. The van der Waals surface area contributed by atoms with Crippen molar-refractivity contribution < 1.29 is 14.3 Å². The van der Waals surface area contributed by atoms with Crippen molar-refractivity contribution in [2.75, 3.05) is 20.3 Å². The van der Waals surface area contributed by atoms with Crippen LogP contribution in [-0.4, -0.2) is 36.9 Å². The van der Waals surface area contributed by atoms with Crippen molar-refractivity contribution in [1.29, 1.82) is 0 Å². The van der Waals surface area contributed by atoms with E-state index in [1.54, 1.807) is 23.3 Å². The molecule has 0 fully saturated rings. The van der Waals surface area contributed by atoms with Crippen LogP contribution in [0.15, 0.2) is 15.9 Å². The first kappa shape index (κ1) is 16.5. The highest BCUT2D eigenvalue weighted by atomic mass is 79.9. The van der Waals surface area contributed by atoms with Gasteiger partial charge in [-0.2, -0.15) is 0 Å². The molecule has 1 aromatic heterocycles. The number of carbonyl (C=O) groups excluding carboxylic acids is 1. The van der Waals surface area contributed by atoms with E-state index in [1.165, 1.54) is 0 Å². The zero-order valence-corrected chi connectivity index (χ0v) is 14.1. The van der Waals surface area contributed by atoms with Gasteiger partial charge in [0.2, 0.25) is 0 Å². The third-order valence-electron chi connectivity index (χ3n) is 2.19. The van der Waals surface area contributed by atoms with Gasteiger partial charge in [0.05, 0.1) is 13.2 Å². The molecule has 6 heteroatoms. The van der Waals surface area contributed by atoms with Crippen LogP contribution in [0.1, 0.15) is 25.6 Å². The lowest BCUT2D eigenvalue weighted by atomic mass is 10.2. The molecule has 0 aromatic carbocycles. The SMILES string of the molecule is COCCN(Cc1cc(Br)cs1)C(=O)OC(C)(C)C. The normalized spacial score (nSPS) is 11.4. The molecule has 1 aromatic rings. The van der Waals surface area contributed by atoms with Gasteiger partial charge in [-0.15, -0.1) is 11.3 Å². The number of ether oxygens (including phenoxy) is 2. The van der Waals surface area contributed by atoms with Crippen molar-refractivity contribution >= 4 is 33.4 Å².